The maximum Gasteiger partial charge on any atom is 0.265 e. The second-order valence-electron chi connectivity index (χ2n) is 6.13. The summed E-state index contributed by atoms with van der Waals surface area (Å²) in [7, 11) is 0. The summed E-state index contributed by atoms with van der Waals surface area (Å²) in [5, 5.41) is 5.61. The van der Waals surface area contributed by atoms with Crippen molar-refractivity contribution in [1.82, 2.24) is 25.2 Å². The lowest BCUT2D eigenvalue weighted by Crippen LogP contribution is -2.42. The van der Waals surface area contributed by atoms with Crippen LogP contribution in [0, 0.1) is 13.8 Å². The predicted octanol–water partition coefficient (Wildman–Crippen LogP) is 1.85. The zero-order valence-electron chi connectivity index (χ0n) is 14.4. The molecule has 0 fully saturated rings. The molecule has 0 spiro atoms. The second-order valence-corrected chi connectivity index (χ2v) is 6.13. The van der Waals surface area contributed by atoms with Crippen LogP contribution in [0.15, 0.2) is 42.3 Å². The molecule has 2 aromatic rings. The Labute approximate surface area is 145 Å². The first-order valence-electron chi connectivity index (χ1n) is 7.88. The van der Waals surface area contributed by atoms with Crippen LogP contribution < -0.4 is 5.43 Å². The van der Waals surface area contributed by atoms with Crippen LogP contribution >= 0.6 is 0 Å². The lowest BCUT2D eigenvalue weighted by atomic mass is 10.1. The van der Waals surface area contributed by atoms with Gasteiger partial charge in [0.2, 0.25) is 0 Å². The molecule has 1 aliphatic rings. The smallest absolute Gasteiger partial charge is 0.265 e. The monoisotopic (exact) mass is 337 g/mol. The Hall–Kier alpha value is -3.22. The number of nitrogens with one attached hydrogen (secondary N) is 1. The van der Waals surface area contributed by atoms with Crippen LogP contribution in [0.4, 0.5) is 0 Å². The van der Waals surface area contributed by atoms with Gasteiger partial charge in [0.05, 0.1) is 6.54 Å². The van der Waals surface area contributed by atoms with Crippen molar-refractivity contribution in [2.45, 2.75) is 20.8 Å². The van der Waals surface area contributed by atoms with Crippen molar-refractivity contribution in [1.29, 1.82) is 0 Å². The van der Waals surface area contributed by atoms with Gasteiger partial charge in [0.1, 0.15) is 6.33 Å². The maximum atomic E-state index is 11.9. The lowest BCUT2D eigenvalue weighted by molar-refractivity contribution is -0.134. The van der Waals surface area contributed by atoms with Crippen molar-refractivity contribution >= 4 is 18.0 Å². The Bertz CT molecular complexity index is 874. The van der Waals surface area contributed by atoms with E-state index in [4.69, 9.17) is 0 Å². The summed E-state index contributed by atoms with van der Waals surface area (Å²) in [4.78, 5) is 27.8. The van der Waals surface area contributed by atoms with Crippen LogP contribution in [0.1, 0.15) is 18.1 Å². The van der Waals surface area contributed by atoms with Gasteiger partial charge in [-0.2, -0.15) is 0 Å². The van der Waals surface area contributed by atoms with Gasteiger partial charge in [-0.1, -0.05) is 17.2 Å². The van der Waals surface area contributed by atoms with E-state index in [1.807, 2.05) is 32.9 Å². The van der Waals surface area contributed by atoms with Crippen LogP contribution in [0.5, 0.6) is 0 Å². The van der Waals surface area contributed by atoms with E-state index in [1.165, 1.54) is 34.4 Å². The Morgan fingerprint density at radius 1 is 1.20 bits per heavy atom. The van der Waals surface area contributed by atoms with Crippen molar-refractivity contribution in [3.63, 3.8) is 0 Å². The van der Waals surface area contributed by atoms with Crippen molar-refractivity contribution in [2.24, 2.45) is 0 Å². The van der Waals surface area contributed by atoms with E-state index in [9.17, 15) is 9.59 Å². The van der Waals surface area contributed by atoms with E-state index in [0.29, 0.717) is 12.4 Å². The van der Waals surface area contributed by atoms with Crippen LogP contribution in [0.3, 0.4) is 0 Å². The average molecular weight is 337 g/mol. The number of aryl methyl sites for hydroxylation is 2. The van der Waals surface area contributed by atoms with Crippen molar-refractivity contribution in [2.75, 3.05) is 6.54 Å². The Balaban J connectivity index is 1.65. The third-order valence-corrected chi connectivity index (χ3v) is 3.66. The molecule has 0 aliphatic carbocycles. The van der Waals surface area contributed by atoms with Gasteiger partial charge < -0.3 is 0 Å². The number of benzene rings is 1. The minimum atomic E-state index is -0.403. The van der Waals surface area contributed by atoms with E-state index < -0.39 is 5.91 Å². The molecule has 128 valence electrons. The summed E-state index contributed by atoms with van der Waals surface area (Å²) in [5.41, 5.74) is 6.64. The highest BCUT2D eigenvalue weighted by atomic mass is 16.2. The summed E-state index contributed by atoms with van der Waals surface area (Å²) in [6.45, 7) is 6.28. The summed E-state index contributed by atoms with van der Waals surface area (Å²) in [6, 6.07) is 6.11. The molecule has 7 nitrogen and oxygen atoms in total. The first-order valence-corrected chi connectivity index (χ1v) is 7.88. The van der Waals surface area contributed by atoms with Crippen molar-refractivity contribution < 1.29 is 9.59 Å². The van der Waals surface area contributed by atoms with Gasteiger partial charge in [0, 0.05) is 23.9 Å². The molecular formula is C18H19N5O2. The first kappa shape index (κ1) is 16.6. The van der Waals surface area contributed by atoms with Crippen LogP contribution in [-0.2, 0) is 9.59 Å². The highest BCUT2D eigenvalue weighted by molar-refractivity contribution is 5.95. The van der Waals surface area contributed by atoms with Crippen LogP contribution in [-0.4, -0.2) is 38.1 Å². The van der Waals surface area contributed by atoms with Crippen LogP contribution in [0.25, 0.3) is 17.6 Å². The first-order chi connectivity index (χ1) is 11.9. The summed E-state index contributed by atoms with van der Waals surface area (Å²) >= 11 is 0. The van der Waals surface area contributed by atoms with Gasteiger partial charge in [-0.05, 0) is 38.5 Å². The summed E-state index contributed by atoms with van der Waals surface area (Å²) in [5.74, 6) is -0.0385. The molecule has 1 aromatic heterocycles. The van der Waals surface area contributed by atoms with Gasteiger partial charge in [-0.25, -0.2) is 14.7 Å². The third kappa shape index (κ3) is 4.00. The van der Waals surface area contributed by atoms with Gasteiger partial charge in [0.25, 0.3) is 11.8 Å². The van der Waals surface area contributed by atoms with Gasteiger partial charge >= 0.3 is 0 Å². The molecule has 2 heterocycles. The molecule has 3 rings (SSSR count). The molecule has 0 saturated carbocycles. The van der Waals surface area contributed by atoms with E-state index in [1.54, 1.807) is 0 Å². The number of hydrogen-bond acceptors (Lipinski definition) is 4. The molecule has 0 bridgehead atoms. The van der Waals surface area contributed by atoms with Gasteiger partial charge in [0.15, 0.2) is 5.82 Å². The molecule has 25 heavy (non-hydrogen) atoms. The lowest BCUT2D eigenvalue weighted by Gasteiger charge is -2.15. The number of hydrogen-bond donors (Lipinski definition) is 1. The van der Waals surface area contributed by atoms with Crippen molar-refractivity contribution in [3.05, 3.63) is 53.4 Å². The number of hydrazine groups is 1. The molecule has 2 amide bonds. The number of rotatable bonds is 4. The standard InChI is InChI=1S/C18H19N5O2/c1-12-6-13(2)8-15(7-12)18-19-11-22(21-18)5-4-16(24)20-23-10-14(3)9-17(23)25/h4-9,11H,10H2,1-3H3,(H,20,24)/b5-4-. The minimum absolute atomic E-state index is 0.225. The SMILES string of the molecule is CC1=CC(=O)N(NC(=O)/C=C\n2cnc(-c3cc(C)cc(C)c3)n2)C1. The third-order valence-electron chi connectivity index (χ3n) is 3.66. The molecule has 1 aliphatic heterocycles. The van der Waals surface area contributed by atoms with E-state index >= 15 is 0 Å². The molecule has 1 N–H and O–H groups in total. The fourth-order valence-electron chi connectivity index (χ4n) is 2.65. The zero-order chi connectivity index (χ0) is 18.0. The number of carbonyl (C=O) groups excluding carboxylic acids is 2. The van der Waals surface area contributed by atoms with Gasteiger partial charge in [-0.3, -0.25) is 15.0 Å². The average Bonchev–Trinajstić information content (AvgIpc) is 3.11. The Kier molecular flexibility index (Phi) is 4.47. The highest BCUT2D eigenvalue weighted by Gasteiger charge is 2.19. The molecule has 0 unspecified atom stereocenters. The topological polar surface area (TPSA) is 80.1 Å². The Morgan fingerprint density at radius 2 is 1.92 bits per heavy atom. The summed E-state index contributed by atoms with van der Waals surface area (Å²) in [6.07, 6.45) is 5.83. The van der Waals surface area contributed by atoms with Crippen molar-refractivity contribution in [3.8, 4) is 11.4 Å². The fourth-order valence-corrected chi connectivity index (χ4v) is 2.65. The highest BCUT2D eigenvalue weighted by Crippen LogP contribution is 2.18. The normalized spacial score (nSPS) is 14.3. The molecule has 0 atom stereocenters. The molecule has 0 radical (unpaired) electrons. The molecule has 7 heteroatoms. The molecular weight excluding hydrogens is 318 g/mol. The number of aromatic nitrogens is 3. The van der Waals surface area contributed by atoms with E-state index in [2.05, 4.69) is 21.6 Å². The largest absolute Gasteiger partial charge is 0.268 e. The van der Waals surface area contributed by atoms with Gasteiger partial charge in [-0.15, -0.1) is 5.10 Å². The number of carbonyl (C=O) groups is 2. The van der Waals surface area contributed by atoms with E-state index in [-0.39, 0.29) is 5.91 Å². The fraction of sp³-hybridized carbons (Fsp3) is 0.222. The zero-order valence-corrected chi connectivity index (χ0v) is 14.4. The Morgan fingerprint density at radius 3 is 2.56 bits per heavy atom. The van der Waals surface area contributed by atoms with E-state index in [0.717, 1.165) is 22.3 Å². The number of nitrogens with zero attached hydrogens (tertiary/aromatic N) is 4. The minimum Gasteiger partial charge on any atom is -0.268 e. The predicted molar refractivity (Wildman–Crippen MR) is 93.9 cm³/mol. The summed E-state index contributed by atoms with van der Waals surface area (Å²) < 4.78 is 1.46. The second kappa shape index (κ2) is 6.72. The molecule has 1 aromatic carbocycles. The van der Waals surface area contributed by atoms with Crippen LogP contribution in [0.2, 0.25) is 0 Å². The molecule has 0 saturated heterocycles. The number of amides is 2. The quantitative estimate of drug-likeness (QED) is 0.864. The maximum absolute atomic E-state index is 11.9.